The summed E-state index contributed by atoms with van der Waals surface area (Å²) in [5.41, 5.74) is 0.954. The lowest BCUT2D eigenvalue weighted by Crippen LogP contribution is -2.46. The minimum Gasteiger partial charge on any atom is -0.467 e. The van der Waals surface area contributed by atoms with Gasteiger partial charge < -0.3 is 14.2 Å². The van der Waals surface area contributed by atoms with E-state index in [1.165, 1.54) is 0 Å². The van der Waals surface area contributed by atoms with Crippen molar-refractivity contribution in [3.8, 4) is 0 Å². The molecule has 0 bridgehead atoms. The zero-order chi connectivity index (χ0) is 16.2. The molecule has 6 nitrogen and oxygen atoms in total. The number of hydrogen-bond donors (Lipinski definition) is 0. The maximum Gasteiger partial charge on any atom is 0.227 e. The number of piperidine rings is 1. The van der Waals surface area contributed by atoms with Gasteiger partial charge in [0.15, 0.2) is 0 Å². The summed E-state index contributed by atoms with van der Waals surface area (Å²) in [6.45, 7) is 2.60. The average molecular weight is 316 g/mol. The number of aromatic nitrogens is 2. The Morgan fingerprint density at radius 3 is 2.78 bits per heavy atom. The highest BCUT2D eigenvalue weighted by Gasteiger charge is 2.27. The van der Waals surface area contributed by atoms with Crippen molar-refractivity contribution >= 4 is 5.91 Å². The second-order valence-corrected chi connectivity index (χ2v) is 6.33. The Kier molecular flexibility index (Phi) is 4.81. The maximum absolute atomic E-state index is 12.9. The van der Waals surface area contributed by atoms with Crippen molar-refractivity contribution in [1.29, 1.82) is 0 Å². The molecule has 0 saturated carbocycles. The third kappa shape index (κ3) is 4.01. The summed E-state index contributed by atoms with van der Waals surface area (Å²) in [5, 5.41) is 4.15. The Morgan fingerprint density at radius 2 is 2.17 bits per heavy atom. The van der Waals surface area contributed by atoms with E-state index in [4.69, 9.17) is 4.42 Å². The molecule has 6 heteroatoms. The number of hydrogen-bond acceptors (Lipinski definition) is 4. The van der Waals surface area contributed by atoms with Gasteiger partial charge in [0, 0.05) is 19.3 Å². The van der Waals surface area contributed by atoms with Crippen LogP contribution in [0, 0.1) is 0 Å². The summed E-state index contributed by atoms with van der Waals surface area (Å²) < 4.78 is 7.19. The number of amides is 1. The molecule has 0 aromatic carbocycles. The molecular formula is C17H24N4O2. The molecule has 124 valence electrons. The Balaban J connectivity index is 1.72. The second-order valence-electron chi connectivity index (χ2n) is 6.33. The number of nitrogens with zero attached hydrogens (tertiary/aromatic N) is 4. The highest BCUT2D eigenvalue weighted by atomic mass is 16.3. The molecule has 0 atom stereocenters. The third-order valence-electron chi connectivity index (χ3n) is 4.47. The summed E-state index contributed by atoms with van der Waals surface area (Å²) in [6.07, 6.45) is 7.73. The fourth-order valence-corrected chi connectivity index (χ4v) is 3.14. The van der Waals surface area contributed by atoms with Crippen LogP contribution in [-0.2, 0) is 24.8 Å². The van der Waals surface area contributed by atoms with Crippen LogP contribution in [0.1, 0.15) is 24.2 Å². The molecule has 3 rings (SSSR count). The van der Waals surface area contributed by atoms with Gasteiger partial charge in [-0.2, -0.15) is 5.10 Å². The van der Waals surface area contributed by atoms with Crippen molar-refractivity contribution in [1.82, 2.24) is 19.6 Å². The topological polar surface area (TPSA) is 54.5 Å². The Labute approximate surface area is 136 Å². The molecule has 0 unspecified atom stereocenters. The zero-order valence-corrected chi connectivity index (χ0v) is 13.8. The maximum atomic E-state index is 12.9. The van der Waals surface area contributed by atoms with Gasteiger partial charge in [-0.25, -0.2) is 0 Å². The van der Waals surface area contributed by atoms with E-state index in [0.29, 0.717) is 13.0 Å². The van der Waals surface area contributed by atoms with Gasteiger partial charge in [-0.15, -0.1) is 0 Å². The molecule has 1 aliphatic rings. The Hall–Kier alpha value is -2.08. The Bertz CT molecular complexity index is 627. The molecule has 0 aliphatic carbocycles. The summed E-state index contributed by atoms with van der Waals surface area (Å²) in [4.78, 5) is 17.2. The molecule has 2 aromatic rings. The first kappa shape index (κ1) is 15.8. The van der Waals surface area contributed by atoms with E-state index in [9.17, 15) is 4.79 Å². The van der Waals surface area contributed by atoms with Gasteiger partial charge in [-0.05, 0) is 50.7 Å². The van der Waals surface area contributed by atoms with Crippen LogP contribution < -0.4 is 0 Å². The molecule has 0 N–H and O–H groups in total. The number of likely N-dealkylation sites (tertiary alicyclic amines) is 1. The minimum atomic E-state index is 0.143. The van der Waals surface area contributed by atoms with E-state index in [0.717, 1.165) is 37.3 Å². The largest absolute Gasteiger partial charge is 0.467 e. The van der Waals surface area contributed by atoms with Crippen LogP contribution in [0.4, 0.5) is 0 Å². The van der Waals surface area contributed by atoms with Crippen LogP contribution in [0.25, 0.3) is 0 Å². The first-order valence-corrected chi connectivity index (χ1v) is 8.10. The highest BCUT2D eigenvalue weighted by molar-refractivity contribution is 5.79. The van der Waals surface area contributed by atoms with Crippen molar-refractivity contribution in [2.75, 3.05) is 20.1 Å². The quantitative estimate of drug-likeness (QED) is 0.842. The SMILES string of the molecule is CN1CCC(N(Cc2ccco2)C(=O)Cc2cnn(C)c2)CC1. The summed E-state index contributed by atoms with van der Waals surface area (Å²) in [7, 11) is 4.00. The lowest BCUT2D eigenvalue weighted by atomic mass is 10.0. The minimum absolute atomic E-state index is 0.143. The van der Waals surface area contributed by atoms with Crippen molar-refractivity contribution in [3.63, 3.8) is 0 Å². The van der Waals surface area contributed by atoms with E-state index < -0.39 is 0 Å². The van der Waals surface area contributed by atoms with Crippen molar-refractivity contribution in [2.24, 2.45) is 7.05 Å². The van der Waals surface area contributed by atoms with Crippen LogP contribution in [-0.4, -0.2) is 51.7 Å². The number of rotatable bonds is 5. The monoisotopic (exact) mass is 316 g/mol. The van der Waals surface area contributed by atoms with Gasteiger partial charge in [0.05, 0.1) is 25.4 Å². The van der Waals surface area contributed by atoms with Crippen LogP contribution in [0.2, 0.25) is 0 Å². The van der Waals surface area contributed by atoms with Gasteiger partial charge in [0.2, 0.25) is 5.91 Å². The fraction of sp³-hybridized carbons (Fsp3) is 0.529. The molecule has 1 aliphatic heterocycles. The van der Waals surface area contributed by atoms with Crippen LogP contribution in [0.5, 0.6) is 0 Å². The lowest BCUT2D eigenvalue weighted by Gasteiger charge is -2.37. The molecule has 1 amide bonds. The number of carbonyl (C=O) groups is 1. The molecule has 1 saturated heterocycles. The molecule has 0 spiro atoms. The summed E-state index contributed by atoms with van der Waals surface area (Å²) in [6, 6.07) is 4.08. The van der Waals surface area contributed by atoms with E-state index in [1.54, 1.807) is 17.1 Å². The van der Waals surface area contributed by atoms with Crippen molar-refractivity contribution in [2.45, 2.75) is 31.8 Å². The lowest BCUT2D eigenvalue weighted by molar-refractivity contribution is -0.134. The predicted octanol–water partition coefficient (Wildman–Crippen LogP) is 1.68. The van der Waals surface area contributed by atoms with E-state index in [2.05, 4.69) is 17.0 Å². The van der Waals surface area contributed by atoms with E-state index in [-0.39, 0.29) is 11.9 Å². The normalized spacial score (nSPS) is 16.6. The molecule has 23 heavy (non-hydrogen) atoms. The predicted molar refractivity (Wildman–Crippen MR) is 86.7 cm³/mol. The van der Waals surface area contributed by atoms with Gasteiger partial charge in [0.1, 0.15) is 5.76 Å². The summed E-state index contributed by atoms with van der Waals surface area (Å²) >= 11 is 0. The zero-order valence-electron chi connectivity index (χ0n) is 13.8. The van der Waals surface area contributed by atoms with Gasteiger partial charge >= 0.3 is 0 Å². The molecule has 3 heterocycles. The van der Waals surface area contributed by atoms with E-state index >= 15 is 0 Å². The molecule has 1 fully saturated rings. The average Bonchev–Trinajstić information content (AvgIpc) is 3.17. The van der Waals surface area contributed by atoms with Gasteiger partial charge in [0.25, 0.3) is 0 Å². The number of furan rings is 1. The smallest absolute Gasteiger partial charge is 0.227 e. The van der Waals surface area contributed by atoms with Crippen LogP contribution in [0.3, 0.4) is 0 Å². The van der Waals surface area contributed by atoms with Crippen molar-refractivity contribution < 1.29 is 9.21 Å². The second kappa shape index (κ2) is 7.00. The highest BCUT2D eigenvalue weighted by Crippen LogP contribution is 2.20. The Morgan fingerprint density at radius 1 is 1.39 bits per heavy atom. The van der Waals surface area contributed by atoms with Crippen molar-refractivity contribution in [3.05, 3.63) is 42.1 Å². The molecular weight excluding hydrogens is 292 g/mol. The first-order chi connectivity index (χ1) is 11.1. The standard InChI is InChI=1S/C17H24N4O2/c1-19-7-5-15(6-8-19)21(13-16-4-3-9-23-16)17(22)10-14-11-18-20(2)12-14/h3-4,9,11-12,15H,5-8,10,13H2,1-2H3. The van der Waals surface area contributed by atoms with Gasteiger partial charge in [-0.1, -0.05) is 0 Å². The molecule has 0 radical (unpaired) electrons. The summed E-state index contributed by atoms with van der Waals surface area (Å²) in [5.74, 6) is 0.979. The van der Waals surface area contributed by atoms with Crippen LogP contribution in [0.15, 0.2) is 35.2 Å². The first-order valence-electron chi connectivity index (χ1n) is 8.10. The van der Waals surface area contributed by atoms with E-state index in [1.807, 2.05) is 30.3 Å². The van der Waals surface area contributed by atoms with Crippen LogP contribution >= 0.6 is 0 Å². The third-order valence-corrected chi connectivity index (χ3v) is 4.47. The molecule has 2 aromatic heterocycles. The number of aryl methyl sites for hydroxylation is 1. The number of carbonyl (C=O) groups excluding carboxylic acids is 1. The van der Waals surface area contributed by atoms with Gasteiger partial charge in [-0.3, -0.25) is 9.48 Å². The fourth-order valence-electron chi connectivity index (χ4n) is 3.14.